The van der Waals surface area contributed by atoms with Crippen LogP contribution in [0.3, 0.4) is 0 Å². The maximum absolute atomic E-state index is 13.6. The first-order chi connectivity index (χ1) is 13.7. The lowest BCUT2D eigenvalue weighted by Crippen LogP contribution is -2.49. The van der Waals surface area contributed by atoms with E-state index in [9.17, 15) is 18.0 Å². The Labute approximate surface area is 165 Å². The molecule has 2 N–H and O–H groups in total. The number of hydrogen-bond donors (Lipinski definition) is 2. The molecule has 4 rings (SSSR count). The van der Waals surface area contributed by atoms with Gasteiger partial charge in [-0.05, 0) is 25.0 Å². The van der Waals surface area contributed by atoms with Crippen molar-refractivity contribution < 1.29 is 18.0 Å². The van der Waals surface area contributed by atoms with Crippen LogP contribution in [-0.4, -0.2) is 46.5 Å². The van der Waals surface area contributed by atoms with E-state index in [1.165, 1.54) is 6.33 Å². The number of hydrogen-bond acceptors (Lipinski definition) is 6. The molecule has 0 unspecified atom stereocenters. The molecule has 2 aliphatic rings. The van der Waals surface area contributed by atoms with Gasteiger partial charge in [-0.15, -0.1) is 0 Å². The van der Waals surface area contributed by atoms with Gasteiger partial charge in [0.05, 0.1) is 17.0 Å². The van der Waals surface area contributed by atoms with Crippen molar-refractivity contribution in [2.75, 3.05) is 29.9 Å². The van der Waals surface area contributed by atoms with Gasteiger partial charge in [0.25, 0.3) is 0 Å². The maximum Gasteiger partial charge on any atom is 0.416 e. The molecule has 1 saturated heterocycles. The van der Waals surface area contributed by atoms with Gasteiger partial charge in [-0.1, -0.05) is 6.92 Å². The third kappa shape index (κ3) is 3.89. The number of aromatic nitrogens is 3. The summed E-state index contributed by atoms with van der Waals surface area (Å²) in [4.78, 5) is 26.5. The second-order valence-corrected chi connectivity index (χ2v) is 7.54. The van der Waals surface area contributed by atoms with E-state index in [-0.39, 0.29) is 35.8 Å². The zero-order chi connectivity index (χ0) is 20.8. The van der Waals surface area contributed by atoms with Crippen molar-refractivity contribution in [3.8, 4) is 11.4 Å². The lowest BCUT2D eigenvalue weighted by molar-refractivity contribution is -0.137. The van der Waals surface area contributed by atoms with E-state index in [4.69, 9.17) is 0 Å². The summed E-state index contributed by atoms with van der Waals surface area (Å²) in [5.74, 6) is 0.189. The van der Waals surface area contributed by atoms with Gasteiger partial charge >= 0.3 is 6.18 Å². The van der Waals surface area contributed by atoms with Gasteiger partial charge < -0.3 is 15.5 Å². The van der Waals surface area contributed by atoms with Crippen molar-refractivity contribution in [1.82, 2.24) is 20.3 Å². The molecule has 2 aromatic heterocycles. The summed E-state index contributed by atoms with van der Waals surface area (Å²) in [6.45, 7) is 5.59. The molecule has 0 radical (unpaired) electrons. The number of nitrogens with zero attached hydrogens (tertiary/aromatic N) is 4. The van der Waals surface area contributed by atoms with Crippen LogP contribution in [0.25, 0.3) is 11.4 Å². The molecule has 2 aliphatic heterocycles. The minimum absolute atomic E-state index is 0.127. The maximum atomic E-state index is 13.6. The fourth-order valence-electron chi connectivity index (χ4n) is 3.83. The zero-order valence-electron chi connectivity index (χ0n) is 16.0. The molecule has 0 aromatic carbocycles. The number of pyridine rings is 1. The predicted molar refractivity (Wildman–Crippen MR) is 102 cm³/mol. The molecule has 0 aliphatic carbocycles. The Morgan fingerprint density at radius 2 is 2.00 bits per heavy atom. The number of halogens is 3. The number of amides is 1. The summed E-state index contributed by atoms with van der Waals surface area (Å²) in [5.41, 5.74) is 0.280. The Bertz CT molecular complexity index is 948. The highest BCUT2D eigenvalue weighted by Crippen LogP contribution is 2.39. The fourth-order valence-corrected chi connectivity index (χ4v) is 3.83. The largest absolute Gasteiger partial charge is 0.416 e. The predicted octanol–water partition coefficient (Wildman–Crippen LogP) is 2.80. The van der Waals surface area contributed by atoms with E-state index in [2.05, 4.69) is 25.6 Å². The van der Waals surface area contributed by atoms with Crippen molar-refractivity contribution in [3.63, 3.8) is 0 Å². The van der Waals surface area contributed by atoms with E-state index < -0.39 is 11.7 Å². The van der Waals surface area contributed by atoms with E-state index in [0.29, 0.717) is 36.7 Å². The summed E-state index contributed by atoms with van der Waals surface area (Å²) < 4.78 is 40.9. The van der Waals surface area contributed by atoms with Gasteiger partial charge in [0.1, 0.15) is 18.0 Å². The third-order valence-electron chi connectivity index (χ3n) is 5.20. The van der Waals surface area contributed by atoms with Gasteiger partial charge in [-0.3, -0.25) is 4.79 Å². The molecule has 0 spiro atoms. The second kappa shape index (κ2) is 7.25. The Balaban J connectivity index is 1.85. The highest BCUT2D eigenvalue weighted by Gasteiger charge is 2.34. The lowest BCUT2D eigenvalue weighted by Gasteiger charge is -2.33. The molecule has 0 bridgehead atoms. The molecule has 154 valence electrons. The molecular weight excluding hydrogens is 385 g/mol. The van der Waals surface area contributed by atoms with Crippen LogP contribution in [-0.2, 0) is 11.0 Å². The SMILES string of the molecule is C[C@@H]1CC(=O)Nc2ncnc(-c3cc(C(F)(F)F)cc(N4CCN[C@@H](C)C4)n3)c21. The number of rotatable bonds is 2. The van der Waals surface area contributed by atoms with Gasteiger partial charge in [-0.25, -0.2) is 15.0 Å². The summed E-state index contributed by atoms with van der Waals surface area (Å²) in [6, 6.07) is 2.24. The van der Waals surface area contributed by atoms with E-state index in [1.807, 2.05) is 18.7 Å². The van der Waals surface area contributed by atoms with Crippen LogP contribution in [0.2, 0.25) is 0 Å². The molecule has 1 fully saturated rings. The summed E-state index contributed by atoms with van der Waals surface area (Å²) in [5, 5.41) is 5.94. The van der Waals surface area contributed by atoms with E-state index >= 15 is 0 Å². The number of carbonyl (C=O) groups is 1. The fraction of sp³-hybridized carbons (Fsp3) is 0.474. The molecule has 10 heteroatoms. The molecule has 1 amide bonds. The van der Waals surface area contributed by atoms with E-state index in [0.717, 1.165) is 12.1 Å². The number of anilines is 2. The number of nitrogens with one attached hydrogen (secondary N) is 2. The number of carbonyl (C=O) groups excluding carboxylic acids is 1. The normalized spacial score (nSPS) is 22.2. The number of alkyl halides is 3. The van der Waals surface area contributed by atoms with Gasteiger partial charge in [0.15, 0.2) is 0 Å². The molecule has 7 nitrogen and oxygen atoms in total. The molecular formula is C19H21F3N6O. The second-order valence-electron chi connectivity index (χ2n) is 7.54. The average molecular weight is 406 g/mol. The van der Waals surface area contributed by atoms with Crippen LogP contribution >= 0.6 is 0 Å². The third-order valence-corrected chi connectivity index (χ3v) is 5.20. The quantitative estimate of drug-likeness (QED) is 0.798. The number of fused-ring (bicyclic) bond motifs is 1. The van der Waals surface area contributed by atoms with Crippen LogP contribution in [0.15, 0.2) is 18.5 Å². The van der Waals surface area contributed by atoms with Gasteiger partial charge in [0.2, 0.25) is 5.91 Å². The smallest absolute Gasteiger partial charge is 0.354 e. The molecule has 2 atom stereocenters. The van der Waals surface area contributed by atoms with Crippen molar-refractivity contribution in [3.05, 3.63) is 29.6 Å². The monoisotopic (exact) mass is 406 g/mol. The minimum atomic E-state index is -4.51. The Hall–Kier alpha value is -2.75. The molecule has 29 heavy (non-hydrogen) atoms. The van der Waals surface area contributed by atoms with Crippen molar-refractivity contribution in [2.45, 2.75) is 38.4 Å². The first-order valence-electron chi connectivity index (χ1n) is 9.45. The Kier molecular flexibility index (Phi) is 4.89. The minimum Gasteiger partial charge on any atom is -0.354 e. The molecule has 2 aromatic rings. The highest BCUT2D eigenvalue weighted by molar-refractivity contribution is 5.94. The first kappa shape index (κ1) is 19.6. The summed E-state index contributed by atoms with van der Waals surface area (Å²) in [6.07, 6.45) is -3.06. The zero-order valence-corrected chi connectivity index (χ0v) is 16.0. The molecule has 4 heterocycles. The first-order valence-corrected chi connectivity index (χ1v) is 9.45. The molecule has 0 saturated carbocycles. The van der Waals surface area contributed by atoms with Crippen LogP contribution in [0.1, 0.15) is 37.3 Å². The van der Waals surface area contributed by atoms with Crippen LogP contribution in [0.5, 0.6) is 0 Å². The van der Waals surface area contributed by atoms with Crippen LogP contribution < -0.4 is 15.5 Å². The van der Waals surface area contributed by atoms with Crippen LogP contribution in [0, 0.1) is 0 Å². The topological polar surface area (TPSA) is 83.0 Å². The lowest BCUT2D eigenvalue weighted by atomic mass is 9.91. The van der Waals surface area contributed by atoms with Crippen molar-refractivity contribution in [2.24, 2.45) is 0 Å². The summed E-state index contributed by atoms with van der Waals surface area (Å²) >= 11 is 0. The van der Waals surface area contributed by atoms with Crippen molar-refractivity contribution >= 4 is 17.5 Å². The van der Waals surface area contributed by atoms with Crippen molar-refractivity contribution in [1.29, 1.82) is 0 Å². The standard InChI is InChI=1S/C19H21F3N6O/c1-10-5-15(29)27-18-16(10)17(24-9-25-18)13-6-12(19(20,21)22)7-14(26-13)28-4-3-23-11(2)8-28/h6-7,9-11,23H,3-5,8H2,1-2H3,(H,24,25,27,29)/t10-,11+/m1/s1. The van der Waals surface area contributed by atoms with Crippen LogP contribution in [0.4, 0.5) is 24.8 Å². The average Bonchev–Trinajstić information content (AvgIpc) is 2.66. The highest BCUT2D eigenvalue weighted by atomic mass is 19.4. The van der Waals surface area contributed by atoms with Gasteiger partial charge in [0, 0.05) is 37.7 Å². The Morgan fingerprint density at radius 1 is 1.21 bits per heavy atom. The summed E-state index contributed by atoms with van der Waals surface area (Å²) in [7, 11) is 0. The van der Waals surface area contributed by atoms with Gasteiger partial charge in [-0.2, -0.15) is 13.2 Å². The Morgan fingerprint density at radius 3 is 2.72 bits per heavy atom. The van der Waals surface area contributed by atoms with E-state index in [1.54, 1.807) is 0 Å². The number of piperazine rings is 1.